The number of nitrogens with zero attached hydrogens (tertiary/aromatic N) is 1. The Bertz CT molecular complexity index is 511. The summed E-state index contributed by atoms with van der Waals surface area (Å²) in [7, 11) is 0. The summed E-state index contributed by atoms with van der Waals surface area (Å²) in [5, 5.41) is 8.77. The van der Waals surface area contributed by atoms with Crippen molar-refractivity contribution in [3.05, 3.63) is 34.9 Å². The summed E-state index contributed by atoms with van der Waals surface area (Å²) in [6.45, 7) is 7.39. The van der Waals surface area contributed by atoms with Crippen LogP contribution in [0.25, 0.3) is 0 Å². The monoisotopic (exact) mass is 273 g/mol. The zero-order valence-corrected chi connectivity index (χ0v) is 12.6. The molecule has 1 aromatic carbocycles. The van der Waals surface area contributed by atoms with Gasteiger partial charge in [0.2, 0.25) is 0 Å². The zero-order valence-electron chi connectivity index (χ0n) is 12.6. The Morgan fingerprint density at radius 3 is 2.70 bits per heavy atom. The molecule has 0 aliphatic carbocycles. The van der Waals surface area contributed by atoms with Gasteiger partial charge in [-0.25, -0.2) is 0 Å². The third-order valence-electron chi connectivity index (χ3n) is 3.24. The largest absolute Gasteiger partial charge is 0.384 e. The average Bonchev–Trinajstić information content (AvgIpc) is 2.47. The number of benzene rings is 1. The summed E-state index contributed by atoms with van der Waals surface area (Å²) >= 11 is 0. The molecule has 0 atom stereocenters. The third-order valence-corrected chi connectivity index (χ3v) is 3.24. The molecule has 0 radical (unpaired) electrons. The zero-order chi connectivity index (χ0) is 15.0. The van der Waals surface area contributed by atoms with Gasteiger partial charge in [-0.05, 0) is 38.0 Å². The van der Waals surface area contributed by atoms with Gasteiger partial charge in [0, 0.05) is 24.2 Å². The van der Waals surface area contributed by atoms with Crippen molar-refractivity contribution in [2.75, 3.05) is 19.7 Å². The number of amides is 1. The second-order valence-electron chi connectivity index (χ2n) is 4.73. The van der Waals surface area contributed by atoms with E-state index in [2.05, 4.69) is 18.8 Å². The lowest BCUT2D eigenvalue weighted by Gasteiger charge is -2.21. The van der Waals surface area contributed by atoms with Crippen LogP contribution in [-0.4, -0.2) is 35.6 Å². The fraction of sp³-hybridized carbons (Fsp3) is 0.471. The number of aryl methyl sites for hydroxylation is 1. The van der Waals surface area contributed by atoms with Crippen molar-refractivity contribution in [1.29, 1.82) is 0 Å². The minimum atomic E-state index is -0.171. The molecule has 0 saturated heterocycles. The van der Waals surface area contributed by atoms with Crippen LogP contribution in [0.2, 0.25) is 0 Å². The maximum Gasteiger partial charge on any atom is 0.253 e. The minimum Gasteiger partial charge on any atom is -0.384 e. The van der Waals surface area contributed by atoms with E-state index in [-0.39, 0.29) is 12.5 Å². The van der Waals surface area contributed by atoms with E-state index in [1.807, 2.05) is 36.9 Å². The van der Waals surface area contributed by atoms with Gasteiger partial charge in [0.1, 0.15) is 6.61 Å². The quantitative estimate of drug-likeness (QED) is 0.838. The van der Waals surface area contributed by atoms with Crippen LogP contribution in [-0.2, 0) is 0 Å². The highest BCUT2D eigenvalue weighted by atomic mass is 16.2. The van der Waals surface area contributed by atoms with Crippen LogP contribution in [0.3, 0.4) is 0 Å². The van der Waals surface area contributed by atoms with Crippen molar-refractivity contribution in [2.24, 2.45) is 0 Å². The summed E-state index contributed by atoms with van der Waals surface area (Å²) in [5.74, 6) is 5.57. The molecule has 0 fully saturated rings. The van der Waals surface area contributed by atoms with Crippen LogP contribution in [0.1, 0.15) is 48.2 Å². The second kappa shape index (κ2) is 8.39. The molecular weight excluding hydrogens is 250 g/mol. The topological polar surface area (TPSA) is 40.5 Å². The van der Waals surface area contributed by atoms with E-state index in [0.29, 0.717) is 12.1 Å². The average molecular weight is 273 g/mol. The fourth-order valence-corrected chi connectivity index (χ4v) is 1.96. The lowest BCUT2D eigenvalue weighted by atomic mass is 10.0. The minimum absolute atomic E-state index is 0.0491. The SMILES string of the molecule is CCCCN(CC)C(=O)c1ccc(C)c(C#CCO)c1. The molecule has 0 aliphatic heterocycles. The predicted molar refractivity (Wildman–Crippen MR) is 81.6 cm³/mol. The molecular formula is C17H23NO2. The van der Waals surface area contributed by atoms with Gasteiger partial charge in [0.15, 0.2) is 0 Å². The molecule has 1 aromatic rings. The van der Waals surface area contributed by atoms with Gasteiger partial charge in [-0.1, -0.05) is 31.3 Å². The van der Waals surface area contributed by atoms with Crippen molar-refractivity contribution in [3.8, 4) is 11.8 Å². The second-order valence-corrected chi connectivity index (χ2v) is 4.73. The molecule has 0 saturated carbocycles. The van der Waals surface area contributed by atoms with Gasteiger partial charge >= 0.3 is 0 Å². The smallest absolute Gasteiger partial charge is 0.253 e. The standard InChI is InChI=1S/C17H23NO2/c1-4-6-11-18(5-2)17(20)16-10-9-14(3)15(13-16)8-7-12-19/h9-10,13,19H,4-6,11-12H2,1-3H3. The molecule has 108 valence electrons. The van der Waals surface area contributed by atoms with Crippen molar-refractivity contribution < 1.29 is 9.90 Å². The first-order valence-electron chi connectivity index (χ1n) is 7.13. The summed E-state index contributed by atoms with van der Waals surface area (Å²) < 4.78 is 0. The number of hydrogen-bond donors (Lipinski definition) is 1. The van der Waals surface area contributed by atoms with Crippen LogP contribution in [0.15, 0.2) is 18.2 Å². The van der Waals surface area contributed by atoms with E-state index in [0.717, 1.165) is 30.5 Å². The van der Waals surface area contributed by atoms with Crippen LogP contribution in [0, 0.1) is 18.8 Å². The van der Waals surface area contributed by atoms with Gasteiger partial charge in [-0.2, -0.15) is 0 Å². The van der Waals surface area contributed by atoms with Crippen molar-refractivity contribution in [3.63, 3.8) is 0 Å². The van der Waals surface area contributed by atoms with Crippen molar-refractivity contribution >= 4 is 5.91 Å². The van der Waals surface area contributed by atoms with E-state index in [4.69, 9.17) is 5.11 Å². The molecule has 3 nitrogen and oxygen atoms in total. The summed E-state index contributed by atoms with van der Waals surface area (Å²) in [6.07, 6.45) is 2.09. The number of unbranched alkanes of at least 4 members (excludes halogenated alkanes) is 1. The first kappa shape index (κ1) is 16.3. The van der Waals surface area contributed by atoms with E-state index < -0.39 is 0 Å². The molecule has 1 rings (SSSR count). The van der Waals surface area contributed by atoms with Gasteiger partial charge in [0.05, 0.1) is 0 Å². The Morgan fingerprint density at radius 2 is 2.10 bits per heavy atom. The molecule has 0 spiro atoms. The highest BCUT2D eigenvalue weighted by Gasteiger charge is 2.14. The summed E-state index contributed by atoms with van der Waals surface area (Å²) in [5.41, 5.74) is 2.48. The lowest BCUT2D eigenvalue weighted by Crippen LogP contribution is -2.31. The molecule has 0 heterocycles. The van der Waals surface area contributed by atoms with E-state index in [1.165, 1.54) is 0 Å². The van der Waals surface area contributed by atoms with Crippen LogP contribution in [0.4, 0.5) is 0 Å². The normalized spacial score (nSPS) is 9.80. The Labute approximate surface area is 121 Å². The maximum absolute atomic E-state index is 12.4. The number of carbonyl (C=O) groups excluding carboxylic acids is 1. The molecule has 0 aromatic heterocycles. The molecule has 0 bridgehead atoms. The molecule has 1 amide bonds. The van der Waals surface area contributed by atoms with Crippen LogP contribution >= 0.6 is 0 Å². The number of aliphatic hydroxyl groups is 1. The highest BCUT2D eigenvalue weighted by Crippen LogP contribution is 2.13. The Morgan fingerprint density at radius 1 is 1.35 bits per heavy atom. The molecule has 3 heteroatoms. The first-order valence-corrected chi connectivity index (χ1v) is 7.13. The van der Waals surface area contributed by atoms with Crippen molar-refractivity contribution in [1.82, 2.24) is 4.90 Å². The third kappa shape index (κ3) is 4.40. The van der Waals surface area contributed by atoms with Gasteiger partial charge in [-0.3, -0.25) is 4.79 Å². The molecule has 0 unspecified atom stereocenters. The number of rotatable bonds is 5. The van der Waals surface area contributed by atoms with E-state index in [9.17, 15) is 4.79 Å². The van der Waals surface area contributed by atoms with Gasteiger partial charge in [0.25, 0.3) is 5.91 Å². The number of carbonyl (C=O) groups is 1. The number of hydrogen-bond acceptors (Lipinski definition) is 2. The Kier molecular flexibility index (Phi) is 6.83. The van der Waals surface area contributed by atoms with Crippen LogP contribution in [0.5, 0.6) is 0 Å². The summed E-state index contributed by atoms with van der Waals surface area (Å²) in [4.78, 5) is 14.3. The predicted octanol–water partition coefficient (Wildman–Crippen LogP) is 2.60. The maximum atomic E-state index is 12.4. The van der Waals surface area contributed by atoms with Crippen LogP contribution < -0.4 is 0 Å². The van der Waals surface area contributed by atoms with Gasteiger partial charge < -0.3 is 10.0 Å². The highest BCUT2D eigenvalue weighted by molar-refractivity contribution is 5.94. The lowest BCUT2D eigenvalue weighted by molar-refractivity contribution is 0.0762. The van der Waals surface area contributed by atoms with E-state index >= 15 is 0 Å². The summed E-state index contributed by atoms with van der Waals surface area (Å²) in [6, 6.07) is 5.56. The Balaban J connectivity index is 2.97. The van der Waals surface area contributed by atoms with Crippen molar-refractivity contribution in [2.45, 2.75) is 33.6 Å². The molecule has 20 heavy (non-hydrogen) atoms. The van der Waals surface area contributed by atoms with Gasteiger partial charge in [-0.15, -0.1) is 0 Å². The first-order chi connectivity index (χ1) is 9.63. The molecule has 1 N–H and O–H groups in total. The number of aliphatic hydroxyl groups excluding tert-OH is 1. The molecule has 0 aliphatic rings. The Hall–Kier alpha value is -1.79. The fourth-order valence-electron chi connectivity index (χ4n) is 1.96. The van der Waals surface area contributed by atoms with E-state index in [1.54, 1.807) is 0 Å².